The van der Waals surface area contributed by atoms with Crippen LogP contribution in [0.3, 0.4) is 0 Å². The number of nitrogens with zero attached hydrogens (tertiary/aromatic N) is 4. The number of fused-ring (bicyclic) bond motifs is 1. The van der Waals surface area contributed by atoms with Crippen LogP contribution in [0, 0.1) is 17.8 Å². The number of aliphatic hydroxyl groups excluding tert-OH is 1. The Morgan fingerprint density at radius 2 is 1.68 bits per heavy atom. The van der Waals surface area contributed by atoms with E-state index in [0.717, 1.165) is 57.4 Å². The second-order valence-corrected chi connectivity index (χ2v) is 21.2. The number of carbonyl (C=O) groups excluding carboxylic acids is 4. The normalized spacial score (nSPS) is 18.0. The minimum Gasteiger partial charge on any atom is -0.486 e. The van der Waals surface area contributed by atoms with E-state index in [9.17, 15) is 24.3 Å². The number of H-pyrrole nitrogens is 1. The highest BCUT2D eigenvalue weighted by atomic mass is 35.5. The largest absolute Gasteiger partial charge is 0.486 e. The molecule has 0 radical (unpaired) electrons. The second-order valence-electron chi connectivity index (χ2n) is 19.6. The fourth-order valence-electron chi connectivity index (χ4n) is 9.43. The minimum absolute atomic E-state index is 0.0122. The third-order valence-corrected chi connectivity index (χ3v) is 15.0. The van der Waals surface area contributed by atoms with E-state index in [1.54, 1.807) is 23.5 Å². The van der Waals surface area contributed by atoms with E-state index in [1.807, 2.05) is 102 Å². The number of Topliss-reactive ketones (excluding diaryl/α,β-unsaturated/α-hetero) is 1. The first-order valence-corrected chi connectivity index (χ1v) is 24.9. The fourth-order valence-corrected chi connectivity index (χ4v) is 10.9. The minimum atomic E-state index is -0.873. The Hall–Kier alpha value is -5.71. The van der Waals surface area contributed by atoms with Gasteiger partial charge in [0.05, 0.1) is 56.4 Å². The predicted molar refractivity (Wildman–Crippen MR) is 269 cm³/mol. The van der Waals surface area contributed by atoms with Crippen molar-refractivity contribution in [3.05, 3.63) is 117 Å². The molecule has 0 bridgehead atoms. The highest BCUT2D eigenvalue weighted by Gasteiger charge is 2.45. The number of likely N-dealkylation sites (tertiary alicyclic amines) is 1. The molecule has 0 unspecified atom stereocenters. The van der Waals surface area contributed by atoms with Crippen LogP contribution in [0.4, 0.5) is 0 Å². The lowest BCUT2D eigenvalue weighted by Gasteiger charge is -2.42. The summed E-state index contributed by atoms with van der Waals surface area (Å²) in [6, 6.07) is 18.8. The summed E-state index contributed by atoms with van der Waals surface area (Å²) in [5.74, 6) is -0.411. The lowest BCUT2D eigenvalue weighted by atomic mass is 9.65. The molecule has 1 saturated carbocycles. The van der Waals surface area contributed by atoms with Crippen LogP contribution >= 0.6 is 34.5 Å². The number of rotatable bonds is 17. The number of amides is 3. The first-order chi connectivity index (χ1) is 32.9. The third kappa shape index (κ3) is 11.2. The maximum Gasteiger partial charge on any atom is 0.251 e. The molecule has 5 N–H and O–H groups in total. The Morgan fingerprint density at radius 3 is 2.32 bits per heavy atom. The van der Waals surface area contributed by atoms with E-state index in [4.69, 9.17) is 27.9 Å². The van der Waals surface area contributed by atoms with Crippen LogP contribution in [0.2, 0.25) is 10.0 Å². The van der Waals surface area contributed by atoms with Gasteiger partial charge in [-0.2, -0.15) is 5.10 Å². The Kier molecular flexibility index (Phi) is 14.9. The summed E-state index contributed by atoms with van der Waals surface area (Å²) in [5, 5.41) is 29.4. The Morgan fingerprint density at radius 1 is 0.986 bits per heavy atom. The number of aromatic nitrogens is 4. The molecule has 3 aromatic heterocycles. The van der Waals surface area contributed by atoms with Crippen LogP contribution in [0.5, 0.6) is 5.75 Å². The van der Waals surface area contributed by atoms with Crippen molar-refractivity contribution in [2.75, 3.05) is 19.6 Å². The topological polar surface area (TPSA) is 192 Å². The zero-order valence-corrected chi connectivity index (χ0v) is 41.9. The number of carbonyl (C=O) groups is 4. The Labute approximate surface area is 416 Å². The van der Waals surface area contributed by atoms with Crippen LogP contribution in [-0.4, -0.2) is 91.5 Å². The molecule has 4 heterocycles. The van der Waals surface area contributed by atoms with Crippen LogP contribution in [0.25, 0.3) is 32.6 Å². The summed E-state index contributed by atoms with van der Waals surface area (Å²) in [6.07, 6.45) is 4.62. The van der Waals surface area contributed by atoms with E-state index in [2.05, 4.69) is 36.1 Å². The first-order valence-electron chi connectivity index (χ1n) is 23.3. The average molecular weight is 994 g/mol. The molecule has 2 fully saturated rings. The fraction of sp³-hybridized carbons (Fsp3) is 0.404. The maximum atomic E-state index is 14.3. The van der Waals surface area contributed by atoms with Crippen molar-refractivity contribution in [3.8, 4) is 27.4 Å². The van der Waals surface area contributed by atoms with Gasteiger partial charge in [0.15, 0.2) is 0 Å². The predicted octanol–water partition coefficient (Wildman–Crippen LogP) is 9.21. The van der Waals surface area contributed by atoms with Crippen molar-refractivity contribution in [1.82, 2.24) is 41.0 Å². The Bertz CT molecular complexity index is 2820. The van der Waals surface area contributed by atoms with Gasteiger partial charge in [0.2, 0.25) is 11.8 Å². The van der Waals surface area contributed by atoms with Crippen molar-refractivity contribution in [2.45, 2.75) is 104 Å². The number of aromatic amines is 1. The van der Waals surface area contributed by atoms with Crippen LogP contribution < -0.4 is 20.7 Å². The number of nitrogens with one attached hydrogen (secondary N) is 4. The molecule has 362 valence electrons. The van der Waals surface area contributed by atoms with Gasteiger partial charge < -0.3 is 25.4 Å². The molecule has 0 spiro atoms. The van der Waals surface area contributed by atoms with E-state index >= 15 is 0 Å². The van der Waals surface area contributed by atoms with E-state index in [0.29, 0.717) is 39.2 Å². The lowest BCUT2D eigenvalue weighted by Crippen LogP contribution is -2.57. The van der Waals surface area contributed by atoms with Crippen molar-refractivity contribution < 1.29 is 29.0 Å². The standard InChI is InChI=1S/C52H58Cl2N8O6S/c1-29(32-8-12-34(13-9-32)46-30(2)58-28-69-46)59-49(66)43-20-36(63)26-62(43)50(67)47(51(4,5)6)56-23-37(64)22-52(18-7-19-52)27-57-48(65)35-14-10-33(11-15-35)45-39-21-38(16-17-42(39)60-61-45)68-31(3)44-40(53)24-55-25-41(44)54/h8-17,21,24-25,28-29,31,36,43,47,56,63H,7,18-20,22-23,26-27H2,1-6H3,(H,57,65)(H,59,66)(H,60,61)/t29-,31+,36+,43-,47+/m0/s1. The number of hydrogen-bond donors (Lipinski definition) is 5. The smallest absolute Gasteiger partial charge is 0.251 e. The molecule has 3 aromatic carbocycles. The molecule has 14 nitrogen and oxygen atoms in total. The van der Waals surface area contributed by atoms with Crippen LogP contribution in [0.15, 0.2) is 84.6 Å². The summed E-state index contributed by atoms with van der Waals surface area (Å²) in [4.78, 5) is 66.2. The first kappa shape index (κ1) is 49.7. The van der Waals surface area contributed by atoms with Gasteiger partial charge in [0.1, 0.15) is 29.4 Å². The molecule has 1 saturated heterocycles. The molecule has 8 rings (SSSR count). The van der Waals surface area contributed by atoms with Crippen LogP contribution in [0.1, 0.15) is 106 Å². The number of benzene rings is 3. The summed E-state index contributed by atoms with van der Waals surface area (Å²) >= 11 is 14.3. The van der Waals surface area contributed by atoms with E-state index in [-0.39, 0.29) is 55.5 Å². The number of aryl methyl sites for hydroxylation is 1. The third-order valence-electron chi connectivity index (χ3n) is 13.4. The molecule has 2 aliphatic rings. The number of β-amino-alcohol motifs (C(OH)–C–C–N with tert-alkyl or cyclic N) is 1. The van der Waals surface area contributed by atoms with Gasteiger partial charge >= 0.3 is 0 Å². The van der Waals surface area contributed by atoms with Gasteiger partial charge in [0.25, 0.3) is 5.91 Å². The average Bonchev–Trinajstić information content (AvgIpc) is 4.04. The Balaban J connectivity index is 0.848. The SMILES string of the molecule is Cc1ncsc1-c1ccc([C@H](C)NC(=O)[C@@H]2C[C@@H](O)CN2C(=O)[C@@H](NCC(=O)CC2(CNC(=O)c3ccc(-c4n[nH]c5ccc(O[C@H](C)c6c(Cl)cncc6Cl)cc45)cc3)CCC2)C(C)(C)C)cc1. The molecule has 69 heavy (non-hydrogen) atoms. The van der Waals surface area contributed by atoms with Crippen molar-refractivity contribution >= 4 is 68.9 Å². The van der Waals surface area contributed by atoms with Gasteiger partial charge in [-0.1, -0.05) is 86.8 Å². The quantitative estimate of drug-likeness (QED) is 0.0589. The molecule has 3 amide bonds. The number of ether oxygens (including phenoxy) is 1. The molecule has 1 aliphatic heterocycles. The summed E-state index contributed by atoms with van der Waals surface area (Å²) < 4.78 is 6.23. The maximum absolute atomic E-state index is 14.3. The number of ketones is 1. The van der Waals surface area contributed by atoms with Gasteiger partial charge in [-0.05, 0) is 85.9 Å². The molecule has 17 heteroatoms. The van der Waals surface area contributed by atoms with Gasteiger partial charge in [-0.25, -0.2) is 4.98 Å². The van der Waals surface area contributed by atoms with Gasteiger partial charge in [-0.15, -0.1) is 11.3 Å². The van der Waals surface area contributed by atoms with Crippen LogP contribution in [-0.2, 0) is 14.4 Å². The highest BCUT2D eigenvalue weighted by Crippen LogP contribution is 2.44. The summed E-state index contributed by atoms with van der Waals surface area (Å²) in [6.45, 7) is 11.7. The zero-order chi connectivity index (χ0) is 49.2. The number of pyridine rings is 1. The highest BCUT2D eigenvalue weighted by molar-refractivity contribution is 7.13. The monoisotopic (exact) mass is 992 g/mol. The zero-order valence-electron chi connectivity index (χ0n) is 39.6. The summed E-state index contributed by atoms with van der Waals surface area (Å²) in [5.41, 5.74) is 7.15. The van der Waals surface area contributed by atoms with Crippen molar-refractivity contribution in [2.24, 2.45) is 10.8 Å². The molecular weight excluding hydrogens is 936 g/mol. The lowest BCUT2D eigenvalue weighted by molar-refractivity contribution is -0.142. The number of hydrogen-bond acceptors (Lipinski definition) is 11. The number of aliphatic hydroxyl groups is 1. The van der Waals surface area contributed by atoms with Crippen molar-refractivity contribution in [3.63, 3.8) is 0 Å². The van der Waals surface area contributed by atoms with Gasteiger partial charge in [-0.3, -0.25) is 34.6 Å². The molecule has 1 aliphatic carbocycles. The van der Waals surface area contributed by atoms with Crippen molar-refractivity contribution in [1.29, 1.82) is 0 Å². The van der Waals surface area contributed by atoms with Gasteiger partial charge in [0, 0.05) is 60.4 Å². The molecular formula is C52H58Cl2N8O6S. The summed E-state index contributed by atoms with van der Waals surface area (Å²) in [7, 11) is 0. The second kappa shape index (κ2) is 20.7. The van der Waals surface area contributed by atoms with E-state index < -0.39 is 35.1 Å². The number of thiazole rings is 1. The molecule has 6 aromatic rings. The molecule has 5 atom stereocenters. The van der Waals surface area contributed by atoms with E-state index in [1.165, 1.54) is 17.3 Å². The number of halogens is 2.